The average Bonchev–Trinajstić information content (AvgIpc) is 2.99. The zero-order valence-electron chi connectivity index (χ0n) is 11.8. The first-order valence-corrected chi connectivity index (χ1v) is 7.24. The highest BCUT2D eigenvalue weighted by Gasteiger charge is 2.40. The van der Waals surface area contributed by atoms with Gasteiger partial charge in [-0.05, 0) is 43.5 Å². The SMILES string of the molecule is O=C(CN1CCC2(CCNC2)C1)Nc1cc(F)cc(F)c1. The summed E-state index contributed by atoms with van der Waals surface area (Å²) in [7, 11) is 0. The Kier molecular flexibility index (Phi) is 3.91. The normalized spacial score (nSPS) is 25.6. The van der Waals surface area contributed by atoms with Crippen molar-refractivity contribution in [3.05, 3.63) is 29.8 Å². The summed E-state index contributed by atoms with van der Waals surface area (Å²) in [5.41, 5.74) is 0.472. The Labute approximate surface area is 122 Å². The van der Waals surface area contributed by atoms with E-state index in [0.29, 0.717) is 5.41 Å². The van der Waals surface area contributed by atoms with Crippen LogP contribution in [-0.4, -0.2) is 43.5 Å². The van der Waals surface area contributed by atoms with Crippen LogP contribution in [-0.2, 0) is 4.79 Å². The molecule has 0 saturated carbocycles. The number of carbonyl (C=O) groups is 1. The predicted octanol–water partition coefficient (Wildman–Crippen LogP) is 1.59. The van der Waals surface area contributed by atoms with Crippen molar-refractivity contribution in [1.29, 1.82) is 0 Å². The molecule has 0 radical (unpaired) electrons. The Balaban J connectivity index is 1.55. The fraction of sp³-hybridized carbons (Fsp3) is 0.533. The van der Waals surface area contributed by atoms with Gasteiger partial charge in [0, 0.05) is 24.8 Å². The smallest absolute Gasteiger partial charge is 0.238 e. The van der Waals surface area contributed by atoms with E-state index in [4.69, 9.17) is 0 Å². The molecule has 1 aromatic carbocycles. The number of nitrogens with one attached hydrogen (secondary N) is 2. The second-order valence-corrected chi connectivity index (χ2v) is 6.09. The summed E-state index contributed by atoms with van der Waals surface area (Å²) < 4.78 is 26.1. The average molecular weight is 295 g/mol. The standard InChI is InChI=1S/C15H19F2N3O/c16-11-5-12(17)7-13(6-11)19-14(21)8-20-4-2-15(10-20)1-3-18-9-15/h5-7,18H,1-4,8-10H2,(H,19,21). The van der Waals surface area contributed by atoms with Crippen LogP contribution in [0.1, 0.15) is 12.8 Å². The van der Waals surface area contributed by atoms with Crippen molar-refractivity contribution < 1.29 is 13.6 Å². The molecule has 114 valence electrons. The van der Waals surface area contributed by atoms with E-state index in [1.807, 2.05) is 0 Å². The number of carbonyl (C=O) groups excluding carboxylic acids is 1. The highest BCUT2D eigenvalue weighted by molar-refractivity contribution is 5.92. The van der Waals surface area contributed by atoms with Crippen LogP contribution in [0.2, 0.25) is 0 Å². The third kappa shape index (κ3) is 3.39. The third-order valence-electron chi connectivity index (χ3n) is 4.36. The fourth-order valence-electron chi connectivity index (χ4n) is 3.34. The molecule has 3 rings (SSSR count). The molecule has 1 aromatic rings. The van der Waals surface area contributed by atoms with E-state index in [2.05, 4.69) is 15.5 Å². The summed E-state index contributed by atoms with van der Waals surface area (Å²) in [6, 6.07) is 3.02. The molecule has 1 unspecified atom stereocenters. The summed E-state index contributed by atoms with van der Waals surface area (Å²) in [6.07, 6.45) is 2.25. The van der Waals surface area contributed by atoms with Gasteiger partial charge in [-0.25, -0.2) is 8.78 Å². The van der Waals surface area contributed by atoms with Crippen LogP contribution in [0.3, 0.4) is 0 Å². The van der Waals surface area contributed by atoms with E-state index >= 15 is 0 Å². The van der Waals surface area contributed by atoms with E-state index in [9.17, 15) is 13.6 Å². The minimum Gasteiger partial charge on any atom is -0.325 e. The number of nitrogens with zero attached hydrogens (tertiary/aromatic N) is 1. The van der Waals surface area contributed by atoms with Gasteiger partial charge in [0.15, 0.2) is 0 Å². The number of rotatable bonds is 3. The zero-order chi connectivity index (χ0) is 14.9. The van der Waals surface area contributed by atoms with Crippen LogP contribution >= 0.6 is 0 Å². The number of halogens is 2. The Morgan fingerprint density at radius 1 is 1.29 bits per heavy atom. The lowest BCUT2D eigenvalue weighted by molar-refractivity contribution is -0.117. The molecule has 2 heterocycles. The van der Waals surface area contributed by atoms with Crippen molar-refractivity contribution in [2.24, 2.45) is 5.41 Å². The molecule has 6 heteroatoms. The maximum absolute atomic E-state index is 13.1. The van der Waals surface area contributed by atoms with Crippen molar-refractivity contribution in [2.45, 2.75) is 12.8 Å². The van der Waals surface area contributed by atoms with Crippen molar-refractivity contribution in [3.63, 3.8) is 0 Å². The van der Waals surface area contributed by atoms with Crippen LogP contribution in [0.15, 0.2) is 18.2 Å². The fourth-order valence-corrected chi connectivity index (χ4v) is 3.34. The van der Waals surface area contributed by atoms with Crippen molar-refractivity contribution in [2.75, 3.05) is 38.0 Å². The van der Waals surface area contributed by atoms with Gasteiger partial charge in [-0.3, -0.25) is 9.69 Å². The molecule has 0 aliphatic carbocycles. The first-order chi connectivity index (χ1) is 10.0. The number of likely N-dealkylation sites (tertiary alicyclic amines) is 1. The maximum Gasteiger partial charge on any atom is 0.238 e. The number of anilines is 1. The zero-order valence-corrected chi connectivity index (χ0v) is 11.8. The molecular weight excluding hydrogens is 276 g/mol. The molecule has 1 atom stereocenters. The molecule has 4 nitrogen and oxygen atoms in total. The summed E-state index contributed by atoms with van der Waals surface area (Å²) in [5, 5.41) is 5.92. The van der Waals surface area contributed by atoms with Gasteiger partial charge in [0.25, 0.3) is 0 Å². The molecule has 1 amide bonds. The number of hydrogen-bond acceptors (Lipinski definition) is 3. The molecule has 0 aromatic heterocycles. The summed E-state index contributed by atoms with van der Waals surface area (Å²) in [5.74, 6) is -1.62. The Morgan fingerprint density at radius 2 is 2.05 bits per heavy atom. The van der Waals surface area contributed by atoms with E-state index in [-0.39, 0.29) is 18.1 Å². The topological polar surface area (TPSA) is 44.4 Å². The molecule has 2 saturated heterocycles. The molecule has 0 bridgehead atoms. The van der Waals surface area contributed by atoms with E-state index in [0.717, 1.165) is 57.2 Å². The largest absolute Gasteiger partial charge is 0.325 e. The summed E-state index contributed by atoms with van der Waals surface area (Å²) in [4.78, 5) is 14.1. The lowest BCUT2D eigenvalue weighted by atomic mass is 9.87. The Bertz CT molecular complexity index is 523. The predicted molar refractivity (Wildman–Crippen MR) is 76.0 cm³/mol. The second kappa shape index (κ2) is 5.69. The third-order valence-corrected chi connectivity index (χ3v) is 4.36. The van der Waals surface area contributed by atoms with Gasteiger partial charge in [-0.15, -0.1) is 0 Å². The first kappa shape index (κ1) is 14.4. The van der Waals surface area contributed by atoms with Gasteiger partial charge in [-0.1, -0.05) is 0 Å². The number of benzene rings is 1. The van der Waals surface area contributed by atoms with Gasteiger partial charge in [-0.2, -0.15) is 0 Å². The molecule has 2 N–H and O–H groups in total. The van der Waals surface area contributed by atoms with Crippen LogP contribution < -0.4 is 10.6 Å². The molecular formula is C15H19F2N3O. The van der Waals surface area contributed by atoms with Gasteiger partial charge >= 0.3 is 0 Å². The van der Waals surface area contributed by atoms with Gasteiger partial charge in [0.05, 0.1) is 6.54 Å². The van der Waals surface area contributed by atoms with Crippen LogP contribution in [0.5, 0.6) is 0 Å². The summed E-state index contributed by atoms with van der Waals surface area (Å²) >= 11 is 0. The van der Waals surface area contributed by atoms with Gasteiger partial charge in [0.2, 0.25) is 5.91 Å². The van der Waals surface area contributed by atoms with Crippen molar-refractivity contribution in [3.8, 4) is 0 Å². The minimum absolute atomic E-state index is 0.161. The first-order valence-electron chi connectivity index (χ1n) is 7.24. The minimum atomic E-state index is -0.692. The van der Waals surface area contributed by atoms with Gasteiger partial charge < -0.3 is 10.6 Å². The van der Waals surface area contributed by atoms with E-state index < -0.39 is 11.6 Å². The monoisotopic (exact) mass is 295 g/mol. The maximum atomic E-state index is 13.1. The number of hydrogen-bond donors (Lipinski definition) is 2. The highest BCUT2D eigenvalue weighted by Crippen LogP contribution is 2.35. The van der Waals surface area contributed by atoms with Crippen LogP contribution in [0.4, 0.5) is 14.5 Å². The van der Waals surface area contributed by atoms with Crippen molar-refractivity contribution in [1.82, 2.24) is 10.2 Å². The van der Waals surface area contributed by atoms with Crippen LogP contribution in [0.25, 0.3) is 0 Å². The quantitative estimate of drug-likeness (QED) is 0.890. The lowest BCUT2D eigenvalue weighted by Crippen LogP contribution is -2.34. The Hall–Kier alpha value is -1.53. The van der Waals surface area contributed by atoms with Gasteiger partial charge in [0.1, 0.15) is 11.6 Å². The highest BCUT2D eigenvalue weighted by atomic mass is 19.1. The van der Waals surface area contributed by atoms with E-state index in [1.54, 1.807) is 0 Å². The van der Waals surface area contributed by atoms with E-state index in [1.165, 1.54) is 0 Å². The van der Waals surface area contributed by atoms with Crippen molar-refractivity contribution >= 4 is 11.6 Å². The Morgan fingerprint density at radius 3 is 2.71 bits per heavy atom. The molecule has 2 aliphatic rings. The molecule has 2 fully saturated rings. The number of amides is 1. The second-order valence-electron chi connectivity index (χ2n) is 6.09. The van der Waals surface area contributed by atoms with Crippen LogP contribution in [0, 0.1) is 17.0 Å². The molecule has 2 aliphatic heterocycles. The molecule has 21 heavy (non-hydrogen) atoms. The molecule has 1 spiro atoms. The summed E-state index contributed by atoms with van der Waals surface area (Å²) in [6.45, 7) is 4.13. The lowest BCUT2D eigenvalue weighted by Gasteiger charge is -2.22.